The monoisotopic (exact) mass is 217 g/mol. The molecule has 0 radical (unpaired) electrons. The number of nitrogens with two attached hydrogens (primary N) is 1. The van der Waals surface area contributed by atoms with E-state index in [1.807, 2.05) is 12.1 Å². The lowest BCUT2D eigenvalue weighted by Crippen LogP contribution is -2.17. The zero-order valence-electron chi connectivity index (χ0n) is 9.03. The van der Waals surface area contributed by atoms with Crippen molar-refractivity contribution in [3.8, 4) is 5.75 Å². The Labute approximate surface area is 93.7 Å². The predicted octanol–water partition coefficient (Wildman–Crippen LogP) is 2.06. The average molecular weight is 217 g/mol. The molecule has 0 spiro atoms. The number of nitrogens with zero attached hydrogens (tertiary/aromatic N) is 1. The van der Waals surface area contributed by atoms with Gasteiger partial charge in [0.2, 0.25) is 0 Å². The Morgan fingerprint density at radius 1 is 1.25 bits per heavy atom. The van der Waals surface area contributed by atoms with Gasteiger partial charge in [-0.1, -0.05) is 0 Å². The van der Waals surface area contributed by atoms with E-state index in [1.165, 1.54) is 12.8 Å². The van der Waals surface area contributed by atoms with Gasteiger partial charge in [-0.3, -0.25) is 0 Å². The van der Waals surface area contributed by atoms with Crippen molar-refractivity contribution >= 4 is 22.3 Å². The van der Waals surface area contributed by atoms with Crippen LogP contribution in [0.2, 0.25) is 0 Å². The standard InChI is InChI=1S/C12H15N3O/c13-8-3-4-9(15-5-1-2-6-15)11-10(16)7-14-12(8)11/h3-4,7,14,16H,1-2,5-6,13H2. The number of H-pyrrole nitrogens is 1. The lowest BCUT2D eigenvalue weighted by atomic mass is 10.1. The number of nitrogens with one attached hydrogen (secondary N) is 1. The molecule has 1 aromatic heterocycles. The highest BCUT2D eigenvalue weighted by Crippen LogP contribution is 2.37. The summed E-state index contributed by atoms with van der Waals surface area (Å²) >= 11 is 0. The molecule has 0 aliphatic carbocycles. The Kier molecular flexibility index (Phi) is 1.96. The molecule has 2 heterocycles. The second-order valence-electron chi connectivity index (χ2n) is 4.29. The number of aromatic amines is 1. The van der Waals surface area contributed by atoms with Crippen LogP contribution in [0.3, 0.4) is 0 Å². The molecule has 0 unspecified atom stereocenters. The van der Waals surface area contributed by atoms with Crippen molar-refractivity contribution in [1.82, 2.24) is 4.98 Å². The second-order valence-corrected chi connectivity index (χ2v) is 4.29. The predicted molar refractivity (Wildman–Crippen MR) is 65.8 cm³/mol. The second kappa shape index (κ2) is 3.33. The molecule has 4 nitrogen and oxygen atoms in total. The summed E-state index contributed by atoms with van der Waals surface area (Å²) in [6, 6.07) is 3.89. The van der Waals surface area contributed by atoms with Crippen LogP contribution in [0.5, 0.6) is 5.75 Å². The third kappa shape index (κ3) is 1.23. The third-order valence-electron chi connectivity index (χ3n) is 3.27. The number of aromatic hydroxyl groups is 1. The van der Waals surface area contributed by atoms with Gasteiger partial charge in [0, 0.05) is 19.3 Å². The number of fused-ring (bicyclic) bond motifs is 1. The molecule has 4 heteroatoms. The van der Waals surface area contributed by atoms with Crippen LogP contribution in [-0.4, -0.2) is 23.2 Å². The van der Waals surface area contributed by atoms with Gasteiger partial charge in [0.05, 0.1) is 22.3 Å². The van der Waals surface area contributed by atoms with Gasteiger partial charge in [-0.15, -0.1) is 0 Å². The molecule has 0 saturated carbocycles. The molecule has 84 valence electrons. The first-order valence-corrected chi connectivity index (χ1v) is 5.61. The number of hydrogen-bond acceptors (Lipinski definition) is 3. The van der Waals surface area contributed by atoms with E-state index in [9.17, 15) is 5.11 Å². The summed E-state index contributed by atoms with van der Waals surface area (Å²) in [5.41, 5.74) is 8.47. The summed E-state index contributed by atoms with van der Waals surface area (Å²) in [4.78, 5) is 5.32. The maximum absolute atomic E-state index is 9.86. The van der Waals surface area contributed by atoms with E-state index in [0.717, 1.165) is 29.7 Å². The molecule has 2 aromatic rings. The van der Waals surface area contributed by atoms with E-state index in [1.54, 1.807) is 6.20 Å². The molecule has 16 heavy (non-hydrogen) atoms. The number of nitrogen functional groups attached to an aromatic ring is 1. The lowest BCUT2D eigenvalue weighted by Gasteiger charge is -2.19. The van der Waals surface area contributed by atoms with Gasteiger partial charge in [-0.05, 0) is 25.0 Å². The summed E-state index contributed by atoms with van der Waals surface area (Å²) in [7, 11) is 0. The zero-order chi connectivity index (χ0) is 11.1. The molecule has 0 amide bonds. The van der Waals surface area contributed by atoms with Gasteiger partial charge in [-0.2, -0.15) is 0 Å². The number of anilines is 2. The van der Waals surface area contributed by atoms with Crippen molar-refractivity contribution in [2.24, 2.45) is 0 Å². The molecule has 1 aliphatic heterocycles. The molecule has 4 N–H and O–H groups in total. The largest absolute Gasteiger partial charge is 0.506 e. The van der Waals surface area contributed by atoms with Crippen molar-refractivity contribution in [3.63, 3.8) is 0 Å². The third-order valence-corrected chi connectivity index (χ3v) is 3.27. The molecule has 0 atom stereocenters. The van der Waals surface area contributed by atoms with E-state index < -0.39 is 0 Å². The minimum Gasteiger partial charge on any atom is -0.506 e. The van der Waals surface area contributed by atoms with Crippen molar-refractivity contribution in [2.45, 2.75) is 12.8 Å². The van der Waals surface area contributed by atoms with Gasteiger partial charge in [0.25, 0.3) is 0 Å². The minimum absolute atomic E-state index is 0.282. The fourth-order valence-electron chi connectivity index (χ4n) is 2.46. The smallest absolute Gasteiger partial charge is 0.143 e. The van der Waals surface area contributed by atoms with Crippen LogP contribution in [0.15, 0.2) is 18.3 Å². The number of hydrogen-bond donors (Lipinski definition) is 3. The molecule has 1 aromatic carbocycles. The number of benzene rings is 1. The SMILES string of the molecule is Nc1ccc(N2CCCC2)c2c(O)c[nH]c12. The van der Waals surface area contributed by atoms with Gasteiger partial charge in [-0.25, -0.2) is 0 Å². The first kappa shape index (κ1) is 9.39. The van der Waals surface area contributed by atoms with Crippen LogP contribution in [0, 0.1) is 0 Å². The van der Waals surface area contributed by atoms with Crippen LogP contribution in [-0.2, 0) is 0 Å². The minimum atomic E-state index is 0.282. The van der Waals surface area contributed by atoms with Gasteiger partial charge >= 0.3 is 0 Å². The Balaban J connectivity index is 2.23. The highest BCUT2D eigenvalue weighted by molar-refractivity contribution is 6.03. The van der Waals surface area contributed by atoms with E-state index >= 15 is 0 Å². The molecule has 1 aliphatic rings. The summed E-state index contributed by atoms with van der Waals surface area (Å²) in [5.74, 6) is 0.282. The van der Waals surface area contributed by atoms with E-state index in [0.29, 0.717) is 5.69 Å². The molecular formula is C12H15N3O. The normalized spacial score (nSPS) is 16.1. The van der Waals surface area contributed by atoms with Crippen LogP contribution >= 0.6 is 0 Å². The average Bonchev–Trinajstić information content (AvgIpc) is 2.90. The number of rotatable bonds is 1. The van der Waals surface area contributed by atoms with E-state index in [-0.39, 0.29) is 5.75 Å². The lowest BCUT2D eigenvalue weighted by molar-refractivity contribution is 0.481. The highest BCUT2D eigenvalue weighted by Gasteiger charge is 2.18. The molecule has 1 saturated heterocycles. The van der Waals surface area contributed by atoms with Crippen molar-refractivity contribution < 1.29 is 5.11 Å². The van der Waals surface area contributed by atoms with E-state index in [4.69, 9.17) is 5.73 Å². The Morgan fingerprint density at radius 2 is 2.00 bits per heavy atom. The quantitative estimate of drug-likeness (QED) is 0.640. The van der Waals surface area contributed by atoms with Gasteiger partial charge in [0.1, 0.15) is 5.75 Å². The topological polar surface area (TPSA) is 65.3 Å². The van der Waals surface area contributed by atoms with Crippen molar-refractivity contribution in [2.75, 3.05) is 23.7 Å². The first-order chi connectivity index (χ1) is 7.77. The molecule has 1 fully saturated rings. The van der Waals surface area contributed by atoms with Gasteiger partial charge < -0.3 is 20.7 Å². The molecule has 3 rings (SSSR count). The van der Waals surface area contributed by atoms with Crippen LogP contribution in [0.1, 0.15) is 12.8 Å². The molecular weight excluding hydrogens is 202 g/mol. The summed E-state index contributed by atoms with van der Waals surface area (Å²) < 4.78 is 0. The highest BCUT2D eigenvalue weighted by atomic mass is 16.3. The first-order valence-electron chi connectivity index (χ1n) is 5.61. The van der Waals surface area contributed by atoms with Crippen LogP contribution < -0.4 is 10.6 Å². The van der Waals surface area contributed by atoms with E-state index in [2.05, 4.69) is 9.88 Å². The fraction of sp³-hybridized carbons (Fsp3) is 0.333. The Morgan fingerprint density at radius 3 is 2.75 bits per heavy atom. The Bertz CT molecular complexity index is 526. The maximum atomic E-state index is 9.86. The van der Waals surface area contributed by atoms with Crippen LogP contribution in [0.25, 0.3) is 10.9 Å². The van der Waals surface area contributed by atoms with Crippen molar-refractivity contribution in [1.29, 1.82) is 0 Å². The summed E-state index contributed by atoms with van der Waals surface area (Å²) in [6.07, 6.45) is 4.04. The number of aromatic nitrogens is 1. The Hall–Kier alpha value is -1.84. The fourth-order valence-corrected chi connectivity index (χ4v) is 2.46. The zero-order valence-corrected chi connectivity index (χ0v) is 9.03. The molecule has 0 bridgehead atoms. The van der Waals surface area contributed by atoms with Crippen molar-refractivity contribution in [3.05, 3.63) is 18.3 Å². The summed E-state index contributed by atoms with van der Waals surface area (Å²) in [5, 5.41) is 10.7. The van der Waals surface area contributed by atoms with Crippen LogP contribution in [0.4, 0.5) is 11.4 Å². The summed E-state index contributed by atoms with van der Waals surface area (Å²) in [6.45, 7) is 2.12. The van der Waals surface area contributed by atoms with Gasteiger partial charge in [0.15, 0.2) is 0 Å². The maximum Gasteiger partial charge on any atom is 0.143 e.